The molecule has 2 atom stereocenters. The first kappa shape index (κ1) is 19.1. The third-order valence-corrected chi connectivity index (χ3v) is 5.11. The average molecular weight is 410 g/mol. The Labute approximate surface area is 173 Å². The summed E-state index contributed by atoms with van der Waals surface area (Å²) in [5.41, 5.74) is 5.29. The Morgan fingerprint density at radius 1 is 1.28 bits per heavy atom. The molecule has 2 unspecified atom stereocenters. The van der Waals surface area contributed by atoms with Crippen molar-refractivity contribution in [2.75, 3.05) is 7.05 Å². The number of hydrogen-bond acceptors (Lipinski definition) is 6. The van der Waals surface area contributed by atoms with Crippen LogP contribution in [0.5, 0.6) is 11.6 Å². The van der Waals surface area contributed by atoms with Gasteiger partial charge in [0.15, 0.2) is 0 Å². The highest BCUT2D eigenvalue weighted by molar-refractivity contribution is 6.66. The highest BCUT2D eigenvalue weighted by Crippen LogP contribution is 2.30. The van der Waals surface area contributed by atoms with Crippen LogP contribution >= 0.6 is 11.6 Å². The lowest BCUT2D eigenvalue weighted by atomic mass is 9.86. The molecule has 8 heteroatoms. The van der Waals surface area contributed by atoms with Crippen molar-refractivity contribution >= 4 is 22.7 Å². The minimum atomic E-state index is -0.315. The van der Waals surface area contributed by atoms with E-state index in [2.05, 4.69) is 25.4 Å². The molecule has 0 saturated heterocycles. The van der Waals surface area contributed by atoms with Crippen molar-refractivity contribution in [3.05, 3.63) is 71.8 Å². The van der Waals surface area contributed by atoms with Gasteiger partial charge in [-0.05, 0) is 36.8 Å². The van der Waals surface area contributed by atoms with Crippen molar-refractivity contribution in [1.29, 1.82) is 0 Å². The number of hydrogen-bond donors (Lipinski definition) is 1. The van der Waals surface area contributed by atoms with Gasteiger partial charge >= 0.3 is 0 Å². The molecule has 2 aromatic rings. The summed E-state index contributed by atoms with van der Waals surface area (Å²) in [6.45, 7) is 2.53. The van der Waals surface area contributed by atoms with Gasteiger partial charge in [-0.25, -0.2) is 10.4 Å². The largest absolute Gasteiger partial charge is 0.437 e. The van der Waals surface area contributed by atoms with Crippen LogP contribution < -0.4 is 10.2 Å². The first-order valence-corrected chi connectivity index (χ1v) is 9.57. The second-order valence-electron chi connectivity index (χ2n) is 7.02. The highest BCUT2D eigenvalue weighted by Gasteiger charge is 2.34. The Hall–Kier alpha value is -3.19. The summed E-state index contributed by atoms with van der Waals surface area (Å²) in [6, 6.07) is 7.83. The van der Waals surface area contributed by atoms with Crippen molar-refractivity contribution in [1.82, 2.24) is 20.3 Å². The standard InChI is InChI=1S/C21H20ClN5O2/c1-13-10-23-11-19(24-13)29-16-5-3-4-14(8-16)12-27(2)15-6-7-17-18(9-15)20(22)25-26-21(17)28/h3-11,17-18H,12H2,1-2H3,(H,26,28). The van der Waals surface area contributed by atoms with E-state index in [-0.39, 0.29) is 17.7 Å². The topological polar surface area (TPSA) is 79.7 Å². The monoisotopic (exact) mass is 409 g/mol. The van der Waals surface area contributed by atoms with Crippen LogP contribution in [0.1, 0.15) is 11.3 Å². The van der Waals surface area contributed by atoms with E-state index in [0.29, 0.717) is 23.3 Å². The number of carbonyl (C=O) groups is 1. The van der Waals surface area contributed by atoms with Gasteiger partial charge in [0.2, 0.25) is 11.8 Å². The average Bonchev–Trinajstić information content (AvgIpc) is 2.71. The molecule has 4 rings (SSSR count). The van der Waals surface area contributed by atoms with Crippen LogP contribution in [0.4, 0.5) is 0 Å². The van der Waals surface area contributed by atoms with Gasteiger partial charge in [0, 0.05) is 31.4 Å². The molecule has 1 aromatic carbocycles. The maximum atomic E-state index is 12.0. The summed E-state index contributed by atoms with van der Waals surface area (Å²) < 4.78 is 5.83. The lowest BCUT2D eigenvalue weighted by molar-refractivity contribution is -0.124. The molecule has 0 saturated carbocycles. The third-order valence-electron chi connectivity index (χ3n) is 4.78. The number of aromatic nitrogens is 2. The Balaban J connectivity index is 1.47. The van der Waals surface area contributed by atoms with Crippen LogP contribution in [0, 0.1) is 18.8 Å². The molecule has 1 N–H and O–H groups in total. The van der Waals surface area contributed by atoms with Gasteiger partial charge in [-0.15, -0.1) is 0 Å². The highest BCUT2D eigenvalue weighted by atomic mass is 35.5. The second kappa shape index (κ2) is 8.05. The van der Waals surface area contributed by atoms with E-state index in [1.807, 2.05) is 56.5 Å². The van der Waals surface area contributed by atoms with Crippen LogP contribution in [0.2, 0.25) is 0 Å². The lowest BCUT2D eigenvalue weighted by Gasteiger charge is -2.30. The third kappa shape index (κ3) is 4.30. The van der Waals surface area contributed by atoms with E-state index in [1.165, 1.54) is 0 Å². The molecule has 0 spiro atoms. The molecule has 1 amide bonds. The van der Waals surface area contributed by atoms with E-state index < -0.39 is 0 Å². The number of nitrogens with zero attached hydrogens (tertiary/aromatic N) is 4. The number of allylic oxidation sites excluding steroid dienone is 2. The fraction of sp³-hybridized carbons (Fsp3) is 0.238. The first-order chi connectivity index (χ1) is 14.0. The summed E-state index contributed by atoms with van der Waals surface area (Å²) >= 11 is 6.21. The summed E-state index contributed by atoms with van der Waals surface area (Å²) in [5.74, 6) is 0.469. The zero-order valence-corrected chi connectivity index (χ0v) is 16.8. The number of fused-ring (bicyclic) bond motifs is 1. The van der Waals surface area contributed by atoms with Crippen LogP contribution in [-0.2, 0) is 11.3 Å². The quantitative estimate of drug-likeness (QED) is 0.818. The Bertz CT molecular complexity index is 1030. The number of rotatable bonds is 5. The molecule has 0 fully saturated rings. The van der Waals surface area contributed by atoms with Crippen molar-refractivity contribution < 1.29 is 9.53 Å². The number of ether oxygens (including phenoxy) is 1. The maximum Gasteiger partial charge on any atom is 0.248 e. The predicted molar refractivity (Wildman–Crippen MR) is 110 cm³/mol. The first-order valence-electron chi connectivity index (χ1n) is 9.19. The summed E-state index contributed by atoms with van der Waals surface area (Å²) in [5, 5.41) is 4.28. The van der Waals surface area contributed by atoms with E-state index in [9.17, 15) is 4.79 Å². The Morgan fingerprint density at radius 3 is 2.97 bits per heavy atom. The molecule has 0 bridgehead atoms. The van der Waals surface area contributed by atoms with Crippen molar-refractivity contribution in [3.8, 4) is 11.6 Å². The zero-order valence-electron chi connectivity index (χ0n) is 16.0. The number of halogens is 1. The SMILES string of the molecule is Cc1cncc(Oc2cccc(CN(C)C3=CC4C(Cl)=NNC(=O)C4C=C3)c2)n1. The van der Waals surface area contributed by atoms with Gasteiger partial charge < -0.3 is 9.64 Å². The van der Waals surface area contributed by atoms with Crippen LogP contribution in [0.15, 0.2) is 65.7 Å². The van der Waals surface area contributed by atoms with Gasteiger partial charge in [-0.3, -0.25) is 9.78 Å². The Kier molecular flexibility index (Phi) is 5.31. The molecule has 1 aromatic heterocycles. The van der Waals surface area contributed by atoms with Crippen molar-refractivity contribution in [2.24, 2.45) is 16.9 Å². The van der Waals surface area contributed by atoms with E-state index in [4.69, 9.17) is 16.3 Å². The predicted octanol–water partition coefficient (Wildman–Crippen LogP) is 3.38. The fourth-order valence-corrected chi connectivity index (χ4v) is 3.57. The molecule has 0 radical (unpaired) electrons. The summed E-state index contributed by atoms with van der Waals surface area (Å²) in [4.78, 5) is 22.5. The molecular formula is C21H20ClN5O2. The molecule has 1 aliphatic heterocycles. The van der Waals surface area contributed by atoms with Gasteiger partial charge in [-0.2, -0.15) is 5.10 Å². The number of likely N-dealkylation sites (N-methyl/N-ethyl adjacent to an activating group) is 1. The van der Waals surface area contributed by atoms with Crippen molar-refractivity contribution in [3.63, 3.8) is 0 Å². The fourth-order valence-electron chi connectivity index (χ4n) is 3.33. The number of amides is 1. The number of hydrazone groups is 1. The Morgan fingerprint density at radius 2 is 2.14 bits per heavy atom. The van der Waals surface area contributed by atoms with Gasteiger partial charge in [0.25, 0.3) is 0 Å². The minimum absolute atomic E-state index is 0.141. The smallest absolute Gasteiger partial charge is 0.248 e. The molecule has 2 heterocycles. The van der Waals surface area contributed by atoms with Gasteiger partial charge in [0.1, 0.15) is 10.9 Å². The second-order valence-corrected chi connectivity index (χ2v) is 7.40. The number of nitrogens with one attached hydrogen (secondary N) is 1. The molecule has 1 aliphatic carbocycles. The van der Waals surface area contributed by atoms with Crippen LogP contribution in [-0.4, -0.2) is 33.0 Å². The van der Waals surface area contributed by atoms with Crippen molar-refractivity contribution in [2.45, 2.75) is 13.5 Å². The van der Waals surface area contributed by atoms with Gasteiger partial charge in [0.05, 0.1) is 17.8 Å². The molecule has 29 heavy (non-hydrogen) atoms. The van der Waals surface area contributed by atoms with Crippen LogP contribution in [0.3, 0.4) is 0 Å². The number of aryl methyl sites for hydroxylation is 1. The van der Waals surface area contributed by atoms with Gasteiger partial charge in [-0.1, -0.05) is 29.8 Å². The number of carbonyl (C=O) groups excluding carboxylic acids is 1. The lowest BCUT2D eigenvalue weighted by Crippen LogP contribution is -2.40. The number of benzene rings is 1. The summed E-state index contributed by atoms with van der Waals surface area (Å²) in [6.07, 6.45) is 9.07. The van der Waals surface area contributed by atoms with E-state index in [1.54, 1.807) is 12.4 Å². The molecular weight excluding hydrogens is 390 g/mol. The molecule has 7 nitrogen and oxygen atoms in total. The zero-order chi connectivity index (χ0) is 20.4. The molecule has 2 aliphatic rings. The van der Waals surface area contributed by atoms with E-state index >= 15 is 0 Å². The normalized spacial score (nSPS) is 20.3. The maximum absolute atomic E-state index is 12.0. The van der Waals surface area contributed by atoms with Crippen LogP contribution in [0.25, 0.3) is 0 Å². The molecule has 148 valence electrons. The summed E-state index contributed by atoms with van der Waals surface area (Å²) in [7, 11) is 1.99. The minimum Gasteiger partial charge on any atom is -0.437 e. The van der Waals surface area contributed by atoms with E-state index in [0.717, 1.165) is 17.0 Å².